The molecule has 20 heavy (non-hydrogen) atoms. The number of benzene rings is 1. The van der Waals surface area contributed by atoms with Crippen LogP contribution in [0.1, 0.15) is 43.2 Å². The maximum Gasteiger partial charge on any atom is 0.128 e. The van der Waals surface area contributed by atoms with E-state index >= 15 is 0 Å². The molecule has 0 aromatic heterocycles. The largest absolute Gasteiger partial charge is 0.493 e. The Morgan fingerprint density at radius 1 is 1.00 bits per heavy atom. The number of fused-ring (bicyclic) bond motifs is 1. The summed E-state index contributed by atoms with van der Waals surface area (Å²) in [5.74, 6) is 3.72. The molecular weight excluding hydrogens is 248 g/mol. The number of hydrogen-bond acceptors (Lipinski definition) is 2. The molecule has 0 saturated heterocycles. The van der Waals surface area contributed by atoms with E-state index in [-0.39, 0.29) is 0 Å². The van der Waals surface area contributed by atoms with Gasteiger partial charge in [-0.3, -0.25) is 0 Å². The Labute approximate surface area is 120 Å². The lowest BCUT2D eigenvalue weighted by molar-refractivity contribution is -0.180. The average Bonchev–Trinajstić information content (AvgIpc) is 2.92. The Balaban J connectivity index is 1.65. The fourth-order valence-electron chi connectivity index (χ4n) is 5.87. The molecule has 1 aliphatic heterocycles. The van der Waals surface area contributed by atoms with Gasteiger partial charge < -0.3 is 9.84 Å². The Morgan fingerprint density at radius 3 is 2.40 bits per heavy atom. The zero-order valence-corrected chi connectivity index (χ0v) is 11.8. The van der Waals surface area contributed by atoms with Crippen LogP contribution in [0.15, 0.2) is 18.2 Å². The van der Waals surface area contributed by atoms with Crippen LogP contribution in [0.5, 0.6) is 5.75 Å². The molecule has 1 N–H and O–H groups in total. The highest BCUT2D eigenvalue weighted by Gasteiger charge is 2.58. The minimum Gasteiger partial charge on any atom is -0.493 e. The fourth-order valence-corrected chi connectivity index (χ4v) is 5.87. The first-order valence-corrected chi connectivity index (χ1v) is 8.22. The van der Waals surface area contributed by atoms with Crippen LogP contribution in [-0.2, 0) is 12.0 Å². The number of aliphatic hydroxyl groups is 1. The third-order valence-electron chi connectivity index (χ3n) is 6.53. The summed E-state index contributed by atoms with van der Waals surface area (Å²) in [5, 5.41) is 11.6. The molecule has 4 aliphatic carbocycles. The van der Waals surface area contributed by atoms with Gasteiger partial charge in [-0.1, -0.05) is 18.2 Å². The van der Waals surface area contributed by atoms with Crippen molar-refractivity contribution in [3.8, 4) is 5.75 Å². The van der Waals surface area contributed by atoms with Crippen LogP contribution in [0.2, 0.25) is 0 Å². The van der Waals surface area contributed by atoms with Crippen LogP contribution in [0.4, 0.5) is 0 Å². The summed E-state index contributed by atoms with van der Waals surface area (Å²) in [6.07, 6.45) is 7.34. The molecule has 1 heterocycles. The van der Waals surface area contributed by atoms with Crippen LogP contribution < -0.4 is 4.74 Å². The minimum atomic E-state index is -0.608. The lowest BCUT2D eigenvalue weighted by atomic mass is 9.48. The van der Waals surface area contributed by atoms with Gasteiger partial charge in [-0.15, -0.1) is 0 Å². The van der Waals surface area contributed by atoms with Crippen LogP contribution in [0, 0.1) is 23.7 Å². The summed E-state index contributed by atoms with van der Waals surface area (Å²) >= 11 is 0. The zero-order valence-electron chi connectivity index (χ0n) is 11.8. The molecule has 106 valence electrons. The summed E-state index contributed by atoms with van der Waals surface area (Å²) in [4.78, 5) is 0. The second-order valence-corrected chi connectivity index (χ2v) is 7.52. The van der Waals surface area contributed by atoms with Crippen molar-refractivity contribution in [3.05, 3.63) is 29.3 Å². The van der Waals surface area contributed by atoms with Gasteiger partial charge in [0, 0.05) is 12.0 Å². The van der Waals surface area contributed by atoms with Gasteiger partial charge in [-0.05, 0) is 61.3 Å². The summed E-state index contributed by atoms with van der Waals surface area (Å²) in [6.45, 7) is 0.781. The van der Waals surface area contributed by atoms with Crippen LogP contribution >= 0.6 is 0 Å². The molecule has 4 fully saturated rings. The number of rotatable bonds is 1. The summed E-state index contributed by atoms with van der Waals surface area (Å²) in [5.41, 5.74) is 1.80. The molecule has 4 bridgehead atoms. The van der Waals surface area contributed by atoms with Crippen molar-refractivity contribution >= 4 is 0 Å². The van der Waals surface area contributed by atoms with Crippen molar-refractivity contribution in [2.75, 3.05) is 6.61 Å². The molecule has 0 spiro atoms. The van der Waals surface area contributed by atoms with E-state index in [1.807, 2.05) is 0 Å². The van der Waals surface area contributed by atoms with Gasteiger partial charge in [0.2, 0.25) is 0 Å². The van der Waals surface area contributed by atoms with E-state index in [2.05, 4.69) is 18.2 Å². The SMILES string of the molecule is OC1(c2cccc3c2OCC3)C2CC3CC(C2)CC1C3. The fraction of sp³-hybridized carbons (Fsp3) is 0.667. The summed E-state index contributed by atoms with van der Waals surface area (Å²) in [6, 6.07) is 6.41. The van der Waals surface area contributed by atoms with Gasteiger partial charge in [0.25, 0.3) is 0 Å². The number of para-hydroxylation sites is 1. The van der Waals surface area contributed by atoms with Crippen molar-refractivity contribution < 1.29 is 9.84 Å². The molecule has 6 rings (SSSR count). The molecule has 2 nitrogen and oxygen atoms in total. The average molecular weight is 270 g/mol. The van der Waals surface area contributed by atoms with E-state index in [4.69, 9.17) is 4.74 Å². The minimum absolute atomic E-state index is 0.467. The maximum atomic E-state index is 11.6. The third-order valence-corrected chi connectivity index (χ3v) is 6.53. The molecule has 1 aromatic carbocycles. The Kier molecular flexibility index (Phi) is 2.20. The van der Waals surface area contributed by atoms with Crippen molar-refractivity contribution in [2.45, 2.75) is 44.1 Å². The summed E-state index contributed by atoms with van der Waals surface area (Å²) < 4.78 is 5.89. The lowest BCUT2D eigenvalue weighted by Gasteiger charge is -2.59. The zero-order chi connectivity index (χ0) is 13.3. The van der Waals surface area contributed by atoms with Crippen LogP contribution in [0.3, 0.4) is 0 Å². The monoisotopic (exact) mass is 270 g/mol. The lowest BCUT2D eigenvalue weighted by Crippen LogP contribution is -2.55. The second-order valence-electron chi connectivity index (χ2n) is 7.52. The molecule has 0 radical (unpaired) electrons. The highest BCUT2D eigenvalue weighted by molar-refractivity contribution is 5.48. The van der Waals surface area contributed by atoms with Crippen LogP contribution in [0.25, 0.3) is 0 Å². The summed E-state index contributed by atoms with van der Waals surface area (Å²) in [7, 11) is 0. The molecular formula is C18H22O2. The topological polar surface area (TPSA) is 29.5 Å². The first-order valence-electron chi connectivity index (χ1n) is 8.22. The molecule has 2 heteroatoms. The van der Waals surface area contributed by atoms with Crippen LogP contribution in [-0.4, -0.2) is 11.7 Å². The smallest absolute Gasteiger partial charge is 0.128 e. The maximum absolute atomic E-state index is 11.6. The normalized spacial score (nSPS) is 44.5. The number of hydrogen-bond donors (Lipinski definition) is 1. The molecule has 0 amide bonds. The molecule has 0 unspecified atom stereocenters. The first-order chi connectivity index (χ1) is 9.75. The van der Waals surface area contributed by atoms with Gasteiger partial charge >= 0.3 is 0 Å². The van der Waals surface area contributed by atoms with Gasteiger partial charge in [0.05, 0.1) is 12.2 Å². The third kappa shape index (κ3) is 1.34. The van der Waals surface area contributed by atoms with Crippen molar-refractivity contribution in [3.63, 3.8) is 0 Å². The Hall–Kier alpha value is -1.02. The van der Waals surface area contributed by atoms with Gasteiger partial charge in [0.15, 0.2) is 0 Å². The Morgan fingerprint density at radius 2 is 1.70 bits per heavy atom. The van der Waals surface area contributed by atoms with Crippen molar-refractivity contribution in [1.82, 2.24) is 0 Å². The van der Waals surface area contributed by atoms with Gasteiger partial charge in [0.1, 0.15) is 5.75 Å². The highest BCUT2D eigenvalue weighted by atomic mass is 16.5. The quantitative estimate of drug-likeness (QED) is 0.848. The standard InChI is InChI=1S/C18H22O2/c19-18(16-3-1-2-13-4-5-20-17(13)16)14-7-11-6-12(9-14)10-15(18)8-11/h1-3,11-12,14-15,19H,4-10H2. The van der Waals surface area contributed by atoms with E-state index < -0.39 is 5.60 Å². The van der Waals surface area contributed by atoms with E-state index in [0.29, 0.717) is 11.8 Å². The van der Waals surface area contributed by atoms with E-state index in [1.54, 1.807) is 0 Å². The number of ether oxygens (including phenoxy) is 1. The highest BCUT2D eigenvalue weighted by Crippen LogP contribution is 2.63. The van der Waals surface area contributed by atoms with E-state index in [9.17, 15) is 5.11 Å². The van der Waals surface area contributed by atoms with Crippen molar-refractivity contribution in [1.29, 1.82) is 0 Å². The predicted octanol–water partition coefficient (Wildman–Crippen LogP) is 3.27. The predicted molar refractivity (Wildman–Crippen MR) is 76.6 cm³/mol. The van der Waals surface area contributed by atoms with Gasteiger partial charge in [-0.2, -0.15) is 0 Å². The molecule has 0 atom stereocenters. The first kappa shape index (κ1) is 11.6. The van der Waals surface area contributed by atoms with E-state index in [0.717, 1.165) is 36.2 Å². The van der Waals surface area contributed by atoms with Crippen molar-refractivity contribution in [2.24, 2.45) is 23.7 Å². The molecule has 1 aromatic rings. The second kappa shape index (κ2) is 3.79. The van der Waals surface area contributed by atoms with E-state index in [1.165, 1.54) is 37.7 Å². The molecule has 4 saturated carbocycles. The molecule has 5 aliphatic rings. The van der Waals surface area contributed by atoms with Gasteiger partial charge in [-0.25, -0.2) is 0 Å². The Bertz CT molecular complexity index is 535.